The van der Waals surface area contributed by atoms with Crippen molar-refractivity contribution in [3.05, 3.63) is 76.5 Å². The molecule has 4 aromatic rings. The van der Waals surface area contributed by atoms with Crippen LogP contribution in [0.25, 0.3) is 21.1 Å². The van der Waals surface area contributed by atoms with Crippen LogP contribution < -0.4 is 9.47 Å². The fraction of sp³-hybridized carbons (Fsp3) is 0.125. The second-order valence-electron chi connectivity index (χ2n) is 6.96. The lowest BCUT2D eigenvalue weighted by atomic mass is 10.1. The smallest absolute Gasteiger partial charge is 0.311 e. The zero-order valence-electron chi connectivity index (χ0n) is 16.8. The number of hydrogen-bond donors (Lipinski definition) is 0. The van der Waals surface area contributed by atoms with E-state index in [9.17, 15) is 9.59 Å². The van der Waals surface area contributed by atoms with Crippen LogP contribution in [0, 0.1) is 0 Å². The average Bonchev–Trinajstić information content (AvgIpc) is 3.58. The van der Waals surface area contributed by atoms with Crippen molar-refractivity contribution in [1.29, 1.82) is 0 Å². The minimum atomic E-state index is -0.472. The van der Waals surface area contributed by atoms with Crippen molar-refractivity contribution in [2.45, 2.75) is 6.42 Å². The molecule has 0 fully saturated rings. The van der Waals surface area contributed by atoms with Crippen LogP contribution in [0.2, 0.25) is 0 Å². The Morgan fingerprint density at radius 1 is 1.00 bits per heavy atom. The highest BCUT2D eigenvalue weighted by molar-refractivity contribution is 7.17. The van der Waals surface area contributed by atoms with Crippen LogP contribution in [0.1, 0.15) is 15.2 Å². The quantitative estimate of drug-likeness (QED) is 0.276. The summed E-state index contributed by atoms with van der Waals surface area (Å²) in [5, 5.41) is 2.82. The first-order valence-corrected chi connectivity index (χ1v) is 11.5. The summed E-state index contributed by atoms with van der Waals surface area (Å²) in [6.45, 7) is -0.203. The topological polar surface area (TPSA) is 74.7 Å². The van der Waals surface area contributed by atoms with Gasteiger partial charge in [-0.2, -0.15) is 0 Å². The first-order chi connectivity index (χ1) is 15.7. The number of Topliss-reactive ketones (excluding diaryl/α,β-unsaturated/α-hetero) is 1. The predicted octanol–water partition coefficient (Wildman–Crippen LogP) is 5.24. The normalized spacial score (nSPS) is 12.0. The Morgan fingerprint density at radius 2 is 1.84 bits per heavy atom. The molecule has 1 aliphatic heterocycles. The van der Waals surface area contributed by atoms with Crippen LogP contribution in [0.3, 0.4) is 0 Å². The summed E-state index contributed by atoms with van der Waals surface area (Å²) in [7, 11) is 0. The van der Waals surface area contributed by atoms with Crippen LogP contribution in [-0.2, 0) is 16.0 Å². The Balaban J connectivity index is 1.29. The molecule has 0 atom stereocenters. The third-order valence-corrected chi connectivity index (χ3v) is 6.82. The Bertz CT molecular complexity index is 1270. The molecule has 0 bridgehead atoms. The maximum atomic E-state index is 12.6. The number of ketones is 1. The number of nitrogens with zero attached hydrogens (tertiary/aromatic N) is 1. The van der Waals surface area contributed by atoms with Gasteiger partial charge in [0.25, 0.3) is 0 Å². The van der Waals surface area contributed by atoms with E-state index in [2.05, 4.69) is 0 Å². The van der Waals surface area contributed by atoms with E-state index in [0.717, 1.165) is 26.0 Å². The van der Waals surface area contributed by atoms with E-state index in [1.165, 1.54) is 11.3 Å². The molecule has 5 rings (SSSR count). The zero-order chi connectivity index (χ0) is 21.9. The van der Waals surface area contributed by atoms with Gasteiger partial charge in [0.1, 0.15) is 5.01 Å². The van der Waals surface area contributed by atoms with Gasteiger partial charge in [0.15, 0.2) is 23.9 Å². The van der Waals surface area contributed by atoms with Crippen molar-refractivity contribution in [3.63, 3.8) is 0 Å². The van der Waals surface area contributed by atoms with E-state index in [-0.39, 0.29) is 25.6 Å². The number of esters is 1. The van der Waals surface area contributed by atoms with Crippen LogP contribution >= 0.6 is 22.7 Å². The number of aromatic nitrogens is 1. The standard InChI is InChI=1S/C24H17NO5S2/c26-17(16-8-9-18-19(11-16)30-14-29-18)13-28-22(27)12-21-23(20-7-4-10-31-20)25-24(32-21)15-5-2-1-3-6-15/h1-11H,12-14H2. The number of thiazole rings is 1. The van der Waals surface area contributed by atoms with Gasteiger partial charge < -0.3 is 14.2 Å². The lowest BCUT2D eigenvalue weighted by Gasteiger charge is -2.05. The molecule has 160 valence electrons. The summed E-state index contributed by atoms with van der Waals surface area (Å²) in [5.41, 5.74) is 2.18. The van der Waals surface area contributed by atoms with Gasteiger partial charge in [-0.3, -0.25) is 9.59 Å². The van der Waals surface area contributed by atoms with Gasteiger partial charge in [0.05, 0.1) is 17.0 Å². The number of carbonyl (C=O) groups excluding carboxylic acids is 2. The predicted molar refractivity (Wildman–Crippen MR) is 122 cm³/mol. The SMILES string of the molecule is O=C(Cc1sc(-c2ccccc2)nc1-c1cccs1)OCC(=O)c1ccc2c(c1)OCO2. The number of rotatable bonds is 7. The van der Waals surface area contributed by atoms with E-state index in [0.29, 0.717) is 17.1 Å². The molecule has 8 heteroatoms. The molecule has 0 aliphatic carbocycles. The van der Waals surface area contributed by atoms with Gasteiger partial charge in [-0.1, -0.05) is 36.4 Å². The van der Waals surface area contributed by atoms with Crippen molar-refractivity contribution >= 4 is 34.4 Å². The molecule has 2 aromatic heterocycles. The number of ether oxygens (including phenoxy) is 3. The highest BCUT2D eigenvalue weighted by Gasteiger charge is 2.20. The molecule has 0 saturated carbocycles. The Morgan fingerprint density at radius 3 is 2.66 bits per heavy atom. The van der Waals surface area contributed by atoms with Gasteiger partial charge in [0.2, 0.25) is 6.79 Å². The van der Waals surface area contributed by atoms with Crippen molar-refractivity contribution in [2.75, 3.05) is 13.4 Å². The Labute approximate surface area is 192 Å². The molecule has 6 nitrogen and oxygen atoms in total. The molecular formula is C24H17NO5S2. The summed E-state index contributed by atoms with van der Waals surface area (Å²) >= 11 is 3.03. The molecule has 0 unspecified atom stereocenters. The Kier molecular flexibility index (Phi) is 5.70. The van der Waals surface area contributed by atoms with Crippen LogP contribution in [0.5, 0.6) is 11.5 Å². The third kappa shape index (κ3) is 4.28. The summed E-state index contributed by atoms with van der Waals surface area (Å²) in [6.07, 6.45) is 0.0478. The molecule has 3 heterocycles. The molecule has 0 radical (unpaired) electrons. The van der Waals surface area contributed by atoms with Crippen molar-refractivity contribution in [1.82, 2.24) is 4.98 Å². The van der Waals surface area contributed by atoms with E-state index >= 15 is 0 Å². The van der Waals surface area contributed by atoms with Gasteiger partial charge in [-0.25, -0.2) is 4.98 Å². The van der Waals surface area contributed by atoms with E-state index in [4.69, 9.17) is 19.2 Å². The minimum absolute atomic E-state index is 0.0478. The summed E-state index contributed by atoms with van der Waals surface area (Å²) < 4.78 is 15.8. The largest absolute Gasteiger partial charge is 0.457 e. The lowest BCUT2D eigenvalue weighted by Crippen LogP contribution is -2.15. The number of hydrogen-bond acceptors (Lipinski definition) is 8. The highest BCUT2D eigenvalue weighted by atomic mass is 32.1. The van der Waals surface area contributed by atoms with Gasteiger partial charge in [0, 0.05) is 16.0 Å². The molecular weight excluding hydrogens is 446 g/mol. The number of thiophene rings is 1. The molecule has 2 aromatic carbocycles. The van der Waals surface area contributed by atoms with Crippen molar-refractivity contribution < 1.29 is 23.8 Å². The Hall–Kier alpha value is -3.49. The molecule has 32 heavy (non-hydrogen) atoms. The van der Waals surface area contributed by atoms with Crippen molar-refractivity contribution in [2.24, 2.45) is 0 Å². The maximum absolute atomic E-state index is 12.6. The van der Waals surface area contributed by atoms with Crippen LogP contribution in [0.4, 0.5) is 0 Å². The molecule has 0 amide bonds. The van der Waals surface area contributed by atoms with E-state index < -0.39 is 5.97 Å². The monoisotopic (exact) mass is 463 g/mol. The molecule has 0 spiro atoms. The number of benzene rings is 2. The second kappa shape index (κ2) is 8.94. The lowest BCUT2D eigenvalue weighted by molar-refractivity contribution is -0.141. The number of fused-ring (bicyclic) bond motifs is 1. The molecule has 0 N–H and O–H groups in total. The average molecular weight is 464 g/mol. The minimum Gasteiger partial charge on any atom is -0.457 e. The van der Waals surface area contributed by atoms with Crippen LogP contribution in [-0.4, -0.2) is 30.1 Å². The number of carbonyl (C=O) groups is 2. The highest BCUT2D eigenvalue weighted by Crippen LogP contribution is 2.36. The van der Waals surface area contributed by atoms with Crippen LogP contribution in [0.15, 0.2) is 66.0 Å². The fourth-order valence-electron chi connectivity index (χ4n) is 3.26. The second-order valence-corrected chi connectivity index (χ2v) is 8.99. The van der Waals surface area contributed by atoms with Gasteiger partial charge in [-0.05, 0) is 29.6 Å². The summed E-state index contributed by atoms with van der Waals surface area (Å²) in [4.78, 5) is 31.6. The van der Waals surface area contributed by atoms with E-state index in [1.54, 1.807) is 29.5 Å². The molecule has 0 saturated heterocycles. The maximum Gasteiger partial charge on any atom is 0.311 e. The fourth-order valence-corrected chi connectivity index (χ4v) is 5.14. The van der Waals surface area contributed by atoms with Gasteiger partial charge >= 0.3 is 5.97 Å². The van der Waals surface area contributed by atoms with E-state index in [1.807, 2.05) is 47.8 Å². The van der Waals surface area contributed by atoms with Crippen molar-refractivity contribution in [3.8, 4) is 32.6 Å². The summed E-state index contributed by atoms with van der Waals surface area (Å²) in [6, 6.07) is 18.7. The first-order valence-electron chi connectivity index (χ1n) is 9.85. The van der Waals surface area contributed by atoms with Gasteiger partial charge in [-0.15, -0.1) is 22.7 Å². The first kappa shape index (κ1) is 20.4. The molecule has 1 aliphatic rings. The zero-order valence-corrected chi connectivity index (χ0v) is 18.4. The summed E-state index contributed by atoms with van der Waals surface area (Å²) in [5.74, 6) is 0.338. The third-order valence-electron chi connectivity index (χ3n) is 4.84.